The average molecular weight is 333 g/mol. The molecular formula is C15H19N5O2S. The van der Waals surface area contributed by atoms with Crippen LogP contribution in [0.4, 0.5) is 16.6 Å². The molecule has 3 rings (SSSR count). The minimum absolute atomic E-state index is 0.235. The summed E-state index contributed by atoms with van der Waals surface area (Å²) in [5.41, 5.74) is 2.65. The molecule has 0 saturated carbocycles. The first kappa shape index (κ1) is 15.7. The molecular weight excluding hydrogens is 314 g/mol. The molecule has 0 radical (unpaired) electrons. The van der Waals surface area contributed by atoms with Gasteiger partial charge in [-0.2, -0.15) is 0 Å². The van der Waals surface area contributed by atoms with Crippen molar-refractivity contribution < 1.29 is 4.92 Å². The first-order chi connectivity index (χ1) is 10.9. The van der Waals surface area contributed by atoms with Crippen molar-refractivity contribution in [3.05, 3.63) is 38.5 Å². The van der Waals surface area contributed by atoms with Crippen LogP contribution < -0.4 is 9.80 Å². The van der Waals surface area contributed by atoms with Gasteiger partial charge >= 0.3 is 5.00 Å². The zero-order chi connectivity index (χ0) is 16.6. The summed E-state index contributed by atoms with van der Waals surface area (Å²) in [7, 11) is 0. The molecule has 3 heterocycles. The van der Waals surface area contributed by atoms with Crippen molar-refractivity contribution in [2.75, 3.05) is 36.0 Å². The molecule has 0 N–H and O–H groups in total. The number of aryl methyl sites for hydroxylation is 3. The third-order valence-corrected chi connectivity index (χ3v) is 4.85. The smallest absolute Gasteiger partial charge is 0.347 e. The lowest BCUT2D eigenvalue weighted by molar-refractivity contribution is -0.379. The fraction of sp³-hybridized carbons (Fsp3) is 0.467. The van der Waals surface area contributed by atoms with Gasteiger partial charge in [0.05, 0.1) is 4.92 Å². The lowest BCUT2D eigenvalue weighted by Crippen LogP contribution is -2.47. The van der Waals surface area contributed by atoms with Crippen LogP contribution in [0, 0.1) is 30.9 Å². The normalized spacial score (nSPS) is 15.1. The first-order valence-corrected chi connectivity index (χ1v) is 8.32. The van der Waals surface area contributed by atoms with Crippen molar-refractivity contribution in [1.82, 2.24) is 9.97 Å². The van der Waals surface area contributed by atoms with E-state index in [1.165, 1.54) is 11.3 Å². The van der Waals surface area contributed by atoms with Crippen LogP contribution in [0.15, 0.2) is 12.1 Å². The Kier molecular flexibility index (Phi) is 4.16. The highest BCUT2D eigenvalue weighted by atomic mass is 32.1. The van der Waals surface area contributed by atoms with Crippen LogP contribution in [0.1, 0.15) is 16.3 Å². The van der Waals surface area contributed by atoms with Gasteiger partial charge in [-0.25, -0.2) is 9.97 Å². The third-order valence-electron chi connectivity index (χ3n) is 3.86. The maximum Gasteiger partial charge on any atom is 0.347 e. The molecule has 0 spiro atoms. The van der Waals surface area contributed by atoms with Crippen molar-refractivity contribution in [2.24, 2.45) is 0 Å². The van der Waals surface area contributed by atoms with E-state index in [0.29, 0.717) is 0 Å². The Morgan fingerprint density at radius 3 is 2.17 bits per heavy atom. The van der Waals surface area contributed by atoms with Crippen molar-refractivity contribution >= 4 is 28.0 Å². The molecule has 0 atom stereocenters. The van der Waals surface area contributed by atoms with E-state index >= 15 is 0 Å². The Balaban J connectivity index is 1.75. The van der Waals surface area contributed by atoms with Crippen LogP contribution in [0.5, 0.6) is 0 Å². The van der Waals surface area contributed by atoms with Gasteiger partial charge in [-0.05, 0) is 32.9 Å². The summed E-state index contributed by atoms with van der Waals surface area (Å²) in [6.45, 7) is 8.81. The van der Waals surface area contributed by atoms with E-state index in [9.17, 15) is 10.1 Å². The lowest BCUT2D eigenvalue weighted by Gasteiger charge is -2.35. The third kappa shape index (κ3) is 3.26. The van der Waals surface area contributed by atoms with Crippen LogP contribution in [0.3, 0.4) is 0 Å². The fourth-order valence-corrected chi connectivity index (χ4v) is 3.68. The molecule has 7 nitrogen and oxygen atoms in total. The summed E-state index contributed by atoms with van der Waals surface area (Å²) in [5.74, 6) is 0.748. The van der Waals surface area contributed by atoms with Crippen molar-refractivity contribution in [2.45, 2.75) is 20.8 Å². The number of nitrogens with zero attached hydrogens (tertiary/aromatic N) is 5. The van der Waals surface area contributed by atoms with E-state index in [0.717, 1.165) is 54.1 Å². The molecule has 1 aliphatic rings. The zero-order valence-corrected chi connectivity index (χ0v) is 14.3. The summed E-state index contributed by atoms with van der Waals surface area (Å²) in [6, 6.07) is 3.86. The number of piperazine rings is 1. The van der Waals surface area contributed by atoms with Gasteiger partial charge in [0.1, 0.15) is 5.69 Å². The molecule has 8 heteroatoms. The quantitative estimate of drug-likeness (QED) is 0.635. The van der Waals surface area contributed by atoms with Crippen LogP contribution in [-0.2, 0) is 0 Å². The molecule has 2 aromatic heterocycles. The SMILES string of the molecule is Cc1cc(C)nc(N2CCN(c3cc(C)sc3[N+](=O)[O-])CC2)n1. The Morgan fingerprint density at radius 1 is 1.04 bits per heavy atom. The number of aromatic nitrogens is 2. The van der Waals surface area contributed by atoms with Gasteiger partial charge in [0.15, 0.2) is 0 Å². The van der Waals surface area contributed by atoms with E-state index in [4.69, 9.17) is 0 Å². The fourth-order valence-electron chi connectivity index (χ4n) is 2.84. The van der Waals surface area contributed by atoms with E-state index < -0.39 is 0 Å². The highest BCUT2D eigenvalue weighted by Gasteiger charge is 2.27. The van der Waals surface area contributed by atoms with E-state index in [1.807, 2.05) is 32.9 Å². The molecule has 1 saturated heterocycles. The monoisotopic (exact) mass is 333 g/mol. The molecule has 1 aliphatic heterocycles. The van der Waals surface area contributed by atoms with Crippen molar-refractivity contribution in [3.8, 4) is 0 Å². The molecule has 1 fully saturated rings. The molecule has 0 aliphatic carbocycles. The van der Waals surface area contributed by atoms with Gasteiger partial charge in [-0.15, -0.1) is 0 Å². The van der Waals surface area contributed by atoms with Crippen LogP contribution >= 0.6 is 11.3 Å². The number of nitro groups is 1. The Labute approximate surface area is 138 Å². The summed E-state index contributed by atoms with van der Waals surface area (Å²) in [6.07, 6.45) is 0. The second-order valence-electron chi connectivity index (χ2n) is 5.73. The largest absolute Gasteiger partial charge is 0.362 e. The highest BCUT2D eigenvalue weighted by molar-refractivity contribution is 7.15. The van der Waals surface area contributed by atoms with E-state index in [2.05, 4.69) is 19.8 Å². The standard InChI is InChI=1S/C15H19N5O2S/c1-10-8-11(2)17-15(16-10)19-6-4-18(5-7-19)13-9-12(3)23-14(13)20(21)22/h8-9H,4-7H2,1-3H3. The van der Waals surface area contributed by atoms with Crippen LogP contribution in [0.2, 0.25) is 0 Å². The first-order valence-electron chi connectivity index (χ1n) is 7.51. The maximum atomic E-state index is 11.2. The minimum atomic E-state index is -0.285. The van der Waals surface area contributed by atoms with Gasteiger partial charge in [-0.3, -0.25) is 10.1 Å². The summed E-state index contributed by atoms with van der Waals surface area (Å²) < 4.78 is 0. The summed E-state index contributed by atoms with van der Waals surface area (Å²) in [5, 5.41) is 11.4. The topological polar surface area (TPSA) is 75.4 Å². The summed E-state index contributed by atoms with van der Waals surface area (Å²) in [4.78, 5) is 25.1. The second-order valence-corrected chi connectivity index (χ2v) is 6.96. The lowest BCUT2D eigenvalue weighted by atomic mass is 10.3. The van der Waals surface area contributed by atoms with Gasteiger partial charge in [-0.1, -0.05) is 11.3 Å². The predicted molar refractivity (Wildman–Crippen MR) is 91.6 cm³/mol. The molecule has 0 unspecified atom stereocenters. The average Bonchev–Trinajstić information content (AvgIpc) is 2.89. The number of thiophene rings is 1. The maximum absolute atomic E-state index is 11.2. The second kappa shape index (κ2) is 6.11. The number of hydrogen-bond donors (Lipinski definition) is 0. The van der Waals surface area contributed by atoms with Crippen LogP contribution in [0.25, 0.3) is 0 Å². The van der Waals surface area contributed by atoms with Crippen molar-refractivity contribution in [1.29, 1.82) is 0 Å². The Bertz CT molecular complexity index is 717. The van der Waals surface area contributed by atoms with E-state index in [-0.39, 0.29) is 9.92 Å². The Morgan fingerprint density at radius 2 is 1.61 bits per heavy atom. The molecule has 0 amide bonds. The summed E-state index contributed by atoms with van der Waals surface area (Å²) >= 11 is 1.24. The van der Waals surface area contributed by atoms with Crippen LogP contribution in [-0.4, -0.2) is 41.1 Å². The Hall–Kier alpha value is -2.22. The zero-order valence-electron chi connectivity index (χ0n) is 13.4. The minimum Gasteiger partial charge on any atom is -0.362 e. The number of anilines is 2. The number of rotatable bonds is 3. The van der Waals surface area contributed by atoms with Gasteiger partial charge in [0, 0.05) is 42.4 Å². The molecule has 0 bridgehead atoms. The molecule has 2 aromatic rings. The van der Waals surface area contributed by atoms with Gasteiger partial charge in [0.2, 0.25) is 5.95 Å². The highest BCUT2D eigenvalue weighted by Crippen LogP contribution is 2.37. The van der Waals surface area contributed by atoms with Gasteiger partial charge < -0.3 is 9.80 Å². The van der Waals surface area contributed by atoms with E-state index in [1.54, 1.807) is 0 Å². The number of hydrogen-bond acceptors (Lipinski definition) is 7. The predicted octanol–water partition coefficient (Wildman–Crippen LogP) is 2.70. The molecule has 23 heavy (non-hydrogen) atoms. The molecule has 122 valence electrons. The molecule has 0 aromatic carbocycles. The van der Waals surface area contributed by atoms with Gasteiger partial charge in [0.25, 0.3) is 0 Å². The van der Waals surface area contributed by atoms with Crippen molar-refractivity contribution in [3.63, 3.8) is 0 Å².